The summed E-state index contributed by atoms with van der Waals surface area (Å²) in [7, 11) is 1.75. The third kappa shape index (κ3) is 1.85. The molecule has 2 aromatic heterocycles. The third-order valence-electron chi connectivity index (χ3n) is 1.98. The van der Waals surface area contributed by atoms with Crippen molar-refractivity contribution in [3.63, 3.8) is 0 Å². The number of hydrogen-bond acceptors (Lipinski definition) is 5. The summed E-state index contributed by atoms with van der Waals surface area (Å²) < 4.78 is 2.83. The fraction of sp³-hybridized carbons (Fsp3) is 0.250. The van der Waals surface area contributed by atoms with Crippen LogP contribution in [0.5, 0.6) is 0 Å². The zero-order valence-electron chi connectivity index (χ0n) is 8.16. The molecule has 0 radical (unpaired) electrons. The Kier molecular flexibility index (Phi) is 2.20. The van der Waals surface area contributed by atoms with Crippen molar-refractivity contribution in [2.45, 2.75) is 6.54 Å². The standard InChI is InChI=1S/C8H10N6O/c1-13-7(10-5-11-13)4-14-8(15)3-2-6(9)12-14/h2-3,5H,4H2,1H3,(H2,9,12). The van der Waals surface area contributed by atoms with Gasteiger partial charge in [-0.15, -0.1) is 0 Å². The molecule has 0 aliphatic carbocycles. The van der Waals surface area contributed by atoms with Gasteiger partial charge in [-0.1, -0.05) is 0 Å². The minimum absolute atomic E-state index is 0.216. The Morgan fingerprint density at radius 1 is 1.47 bits per heavy atom. The highest BCUT2D eigenvalue weighted by Crippen LogP contribution is 1.94. The highest BCUT2D eigenvalue weighted by Gasteiger charge is 2.04. The third-order valence-corrected chi connectivity index (χ3v) is 1.98. The predicted octanol–water partition coefficient (Wildman–Crippen LogP) is -0.998. The van der Waals surface area contributed by atoms with Crippen LogP contribution in [0.4, 0.5) is 5.82 Å². The van der Waals surface area contributed by atoms with Crippen molar-refractivity contribution in [3.05, 3.63) is 34.6 Å². The first-order valence-corrected chi connectivity index (χ1v) is 4.33. The fourth-order valence-corrected chi connectivity index (χ4v) is 1.18. The molecule has 0 fully saturated rings. The van der Waals surface area contributed by atoms with Gasteiger partial charge in [-0.05, 0) is 6.07 Å². The molecule has 0 aliphatic heterocycles. The van der Waals surface area contributed by atoms with Crippen molar-refractivity contribution >= 4 is 5.82 Å². The van der Waals surface area contributed by atoms with Crippen molar-refractivity contribution in [2.75, 3.05) is 5.73 Å². The van der Waals surface area contributed by atoms with E-state index in [4.69, 9.17) is 5.73 Å². The maximum Gasteiger partial charge on any atom is 0.267 e. The van der Waals surface area contributed by atoms with Crippen LogP contribution in [-0.4, -0.2) is 24.5 Å². The van der Waals surface area contributed by atoms with Crippen LogP contribution < -0.4 is 11.3 Å². The van der Waals surface area contributed by atoms with Gasteiger partial charge >= 0.3 is 0 Å². The Morgan fingerprint density at radius 3 is 2.93 bits per heavy atom. The highest BCUT2D eigenvalue weighted by atomic mass is 16.1. The first kappa shape index (κ1) is 9.38. The fourth-order valence-electron chi connectivity index (χ4n) is 1.18. The molecule has 2 aromatic rings. The van der Waals surface area contributed by atoms with E-state index in [9.17, 15) is 4.79 Å². The van der Waals surface area contributed by atoms with E-state index in [1.807, 2.05) is 0 Å². The van der Waals surface area contributed by atoms with Crippen LogP contribution in [0.15, 0.2) is 23.3 Å². The van der Waals surface area contributed by atoms with Crippen LogP contribution in [0.25, 0.3) is 0 Å². The topological polar surface area (TPSA) is 91.6 Å². The van der Waals surface area contributed by atoms with Gasteiger partial charge in [0.25, 0.3) is 5.56 Å². The number of nitrogens with two attached hydrogens (primary N) is 1. The lowest BCUT2D eigenvalue weighted by Crippen LogP contribution is -2.24. The number of aromatic nitrogens is 5. The lowest BCUT2D eigenvalue weighted by molar-refractivity contribution is 0.584. The van der Waals surface area contributed by atoms with Crippen molar-refractivity contribution < 1.29 is 0 Å². The molecule has 2 rings (SSSR count). The Morgan fingerprint density at radius 2 is 2.27 bits per heavy atom. The average Bonchev–Trinajstić information content (AvgIpc) is 2.58. The molecule has 0 unspecified atom stereocenters. The van der Waals surface area contributed by atoms with E-state index in [-0.39, 0.29) is 12.1 Å². The summed E-state index contributed by atoms with van der Waals surface area (Å²) in [5.74, 6) is 0.951. The highest BCUT2D eigenvalue weighted by molar-refractivity contribution is 5.23. The Hall–Kier alpha value is -2.18. The second kappa shape index (κ2) is 3.52. The molecule has 78 valence electrons. The summed E-state index contributed by atoms with van der Waals surface area (Å²) in [4.78, 5) is 15.4. The Labute approximate surface area is 85.2 Å². The molecule has 15 heavy (non-hydrogen) atoms. The molecule has 0 bridgehead atoms. The maximum atomic E-state index is 11.4. The second-order valence-corrected chi connectivity index (χ2v) is 3.05. The monoisotopic (exact) mass is 206 g/mol. The van der Waals surface area contributed by atoms with Gasteiger partial charge in [0.15, 0.2) is 0 Å². The van der Waals surface area contributed by atoms with E-state index in [0.717, 1.165) is 0 Å². The molecule has 2 heterocycles. The molecule has 7 nitrogen and oxygen atoms in total. The molecule has 0 atom stereocenters. The first-order chi connectivity index (χ1) is 7.16. The van der Waals surface area contributed by atoms with Gasteiger partial charge in [-0.2, -0.15) is 10.2 Å². The first-order valence-electron chi connectivity index (χ1n) is 4.33. The summed E-state index contributed by atoms with van der Waals surface area (Å²) in [5, 5.41) is 7.79. The summed E-state index contributed by atoms with van der Waals surface area (Å²) in [6.07, 6.45) is 1.42. The van der Waals surface area contributed by atoms with E-state index >= 15 is 0 Å². The van der Waals surface area contributed by atoms with Gasteiger partial charge in [0.1, 0.15) is 24.5 Å². The van der Waals surface area contributed by atoms with Gasteiger partial charge in [-0.3, -0.25) is 9.48 Å². The van der Waals surface area contributed by atoms with Crippen LogP contribution in [0, 0.1) is 0 Å². The number of nitrogen functional groups attached to an aromatic ring is 1. The van der Waals surface area contributed by atoms with Crippen molar-refractivity contribution in [3.8, 4) is 0 Å². The van der Waals surface area contributed by atoms with Gasteiger partial charge in [0, 0.05) is 13.1 Å². The number of aryl methyl sites for hydroxylation is 1. The zero-order valence-corrected chi connectivity index (χ0v) is 8.16. The second-order valence-electron chi connectivity index (χ2n) is 3.05. The molecule has 0 saturated carbocycles. The Balaban J connectivity index is 2.36. The van der Waals surface area contributed by atoms with Crippen LogP contribution >= 0.6 is 0 Å². The predicted molar refractivity (Wildman–Crippen MR) is 53.0 cm³/mol. The van der Waals surface area contributed by atoms with Gasteiger partial charge < -0.3 is 5.73 Å². The van der Waals surface area contributed by atoms with Crippen molar-refractivity contribution in [1.82, 2.24) is 24.5 Å². The number of hydrogen-bond donors (Lipinski definition) is 1. The largest absolute Gasteiger partial charge is 0.382 e. The number of anilines is 1. The molecular weight excluding hydrogens is 196 g/mol. The zero-order chi connectivity index (χ0) is 10.8. The summed E-state index contributed by atoms with van der Waals surface area (Å²) in [6, 6.07) is 2.84. The average molecular weight is 206 g/mol. The minimum atomic E-state index is -0.216. The van der Waals surface area contributed by atoms with Crippen molar-refractivity contribution in [2.24, 2.45) is 7.05 Å². The molecule has 0 aromatic carbocycles. The molecular formula is C8H10N6O. The Bertz CT molecular complexity index is 528. The summed E-state index contributed by atoms with van der Waals surface area (Å²) in [5.41, 5.74) is 5.27. The summed E-state index contributed by atoms with van der Waals surface area (Å²) >= 11 is 0. The number of rotatable bonds is 2. The molecule has 0 amide bonds. The summed E-state index contributed by atoms with van der Waals surface area (Å²) in [6.45, 7) is 0.264. The molecule has 7 heteroatoms. The van der Waals surface area contributed by atoms with Crippen LogP contribution in [0.1, 0.15) is 5.82 Å². The molecule has 0 saturated heterocycles. The minimum Gasteiger partial charge on any atom is -0.382 e. The van der Waals surface area contributed by atoms with Crippen LogP contribution in [0.3, 0.4) is 0 Å². The van der Waals surface area contributed by atoms with Crippen molar-refractivity contribution in [1.29, 1.82) is 0 Å². The van der Waals surface area contributed by atoms with E-state index in [1.54, 1.807) is 11.7 Å². The van der Waals surface area contributed by atoms with E-state index in [0.29, 0.717) is 11.6 Å². The molecule has 0 spiro atoms. The van der Waals surface area contributed by atoms with Crippen LogP contribution in [0.2, 0.25) is 0 Å². The van der Waals surface area contributed by atoms with E-state index in [2.05, 4.69) is 15.2 Å². The smallest absolute Gasteiger partial charge is 0.267 e. The SMILES string of the molecule is Cn1ncnc1Cn1nc(N)ccc1=O. The lowest BCUT2D eigenvalue weighted by atomic mass is 10.5. The maximum absolute atomic E-state index is 11.4. The normalized spacial score (nSPS) is 10.5. The quantitative estimate of drug-likeness (QED) is 0.680. The molecule has 2 N–H and O–H groups in total. The number of nitrogens with zero attached hydrogens (tertiary/aromatic N) is 5. The van der Waals surface area contributed by atoms with E-state index < -0.39 is 0 Å². The van der Waals surface area contributed by atoms with Crippen LogP contribution in [-0.2, 0) is 13.6 Å². The van der Waals surface area contributed by atoms with Gasteiger partial charge in [0.05, 0.1) is 0 Å². The lowest BCUT2D eigenvalue weighted by Gasteiger charge is -2.03. The van der Waals surface area contributed by atoms with E-state index in [1.165, 1.54) is 23.1 Å². The molecule has 0 aliphatic rings. The van der Waals surface area contributed by atoms with Gasteiger partial charge in [0.2, 0.25) is 0 Å². The van der Waals surface area contributed by atoms with Gasteiger partial charge in [-0.25, -0.2) is 9.67 Å².